The number of carbonyl (C=O) groups excluding carboxylic acids is 2. The second-order valence-corrected chi connectivity index (χ2v) is 8.55. The minimum Gasteiger partial charge on any atom is -0.448 e. The molecule has 0 unspecified atom stereocenters. The summed E-state index contributed by atoms with van der Waals surface area (Å²) in [5, 5.41) is 12.3. The van der Waals surface area contributed by atoms with Crippen LogP contribution in [-0.2, 0) is 22.4 Å². The number of nitriles is 1. The first kappa shape index (κ1) is 18.9. The quantitative estimate of drug-likeness (QED) is 0.640. The van der Waals surface area contributed by atoms with Crippen molar-refractivity contribution in [3.63, 3.8) is 0 Å². The lowest BCUT2D eigenvalue weighted by Crippen LogP contribution is -2.52. The summed E-state index contributed by atoms with van der Waals surface area (Å²) in [7, 11) is 0. The van der Waals surface area contributed by atoms with Crippen LogP contribution in [0.2, 0.25) is 0 Å². The number of hydrogen-bond acceptors (Lipinski definition) is 5. The highest BCUT2D eigenvalue weighted by molar-refractivity contribution is 7.14. The molecule has 0 aromatic carbocycles. The number of amides is 1. The second kappa shape index (κ2) is 8.22. The van der Waals surface area contributed by atoms with Crippen molar-refractivity contribution in [3.8, 4) is 6.07 Å². The van der Waals surface area contributed by atoms with E-state index < -0.39 is 17.6 Å². The smallest absolute Gasteiger partial charge is 0.349 e. The summed E-state index contributed by atoms with van der Waals surface area (Å²) in [5.74, 6) is -0.833. The van der Waals surface area contributed by atoms with Crippen LogP contribution < -0.4 is 5.32 Å². The first-order valence-corrected chi connectivity index (χ1v) is 10.4. The lowest BCUT2D eigenvalue weighted by Gasteiger charge is -2.32. The van der Waals surface area contributed by atoms with Gasteiger partial charge in [-0.2, -0.15) is 5.26 Å². The van der Waals surface area contributed by atoms with Crippen molar-refractivity contribution in [2.75, 3.05) is 0 Å². The molecule has 0 bridgehead atoms. The Labute approximate surface area is 158 Å². The summed E-state index contributed by atoms with van der Waals surface area (Å²) < 4.78 is 5.39. The van der Waals surface area contributed by atoms with E-state index in [1.54, 1.807) is 6.92 Å². The molecule has 2 aliphatic carbocycles. The molecule has 1 heterocycles. The predicted molar refractivity (Wildman–Crippen MR) is 100 cm³/mol. The van der Waals surface area contributed by atoms with E-state index in [4.69, 9.17) is 4.74 Å². The molecule has 1 atom stereocenters. The maximum absolute atomic E-state index is 12.4. The maximum atomic E-state index is 12.4. The normalized spacial score (nSPS) is 20.2. The molecule has 140 valence electrons. The van der Waals surface area contributed by atoms with Gasteiger partial charge in [0, 0.05) is 4.88 Å². The van der Waals surface area contributed by atoms with E-state index >= 15 is 0 Å². The molecule has 1 aromatic rings. The molecule has 0 spiro atoms. The number of nitrogens with zero attached hydrogens (tertiary/aromatic N) is 1. The van der Waals surface area contributed by atoms with Crippen molar-refractivity contribution in [2.24, 2.45) is 0 Å². The van der Waals surface area contributed by atoms with Crippen molar-refractivity contribution in [2.45, 2.75) is 82.8 Å². The van der Waals surface area contributed by atoms with Crippen molar-refractivity contribution in [3.05, 3.63) is 21.4 Å². The van der Waals surface area contributed by atoms with Gasteiger partial charge in [0.25, 0.3) is 5.91 Å². The third-order valence-electron chi connectivity index (χ3n) is 5.38. The number of esters is 1. The molecule has 0 radical (unpaired) electrons. The van der Waals surface area contributed by atoms with Gasteiger partial charge in [0.1, 0.15) is 10.4 Å². The Hall–Kier alpha value is -1.87. The first-order valence-electron chi connectivity index (χ1n) is 9.59. The van der Waals surface area contributed by atoms with Gasteiger partial charge in [-0.3, -0.25) is 4.79 Å². The monoisotopic (exact) mass is 374 g/mol. The van der Waals surface area contributed by atoms with Crippen molar-refractivity contribution in [1.82, 2.24) is 5.32 Å². The van der Waals surface area contributed by atoms with Gasteiger partial charge in [0.2, 0.25) is 0 Å². The SMILES string of the molecule is C[C@H](OC(=O)c1cc2c(s1)CCCCC2)C(=O)NC1(C#N)CCCCC1. The van der Waals surface area contributed by atoms with Crippen LogP contribution in [0.15, 0.2) is 6.07 Å². The highest BCUT2D eigenvalue weighted by Gasteiger charge is 2.35. The standard InChI is InChI=1S/C20H26N2O3S/c1-14(18(23)22-20(13-21)10-6-3-7-11-20)25-19(24)17-12-15-8-4-2-5-9-16(15)26-17/h12,14H,2-11H2,1H3,(H,22,23)/t14-/m0/s1. The zero-order valence-electron chi connectivity index (χ0n) is 15.3. The van der Waals surface area contributed by atoms with E-state index in [2.05, 4.69) is 11.4 Å². The topological polar surface area (TPSA) is 79.2 Å². The summed E-state index contributed by atoms with van der Waals surface area (Å²) >= 11 is 1.49. The number of hydrogen-bond donors (Lipinski definition) is 1. The summed E-state index contributed by atoms with van der Waals surface area (Å²) in [6, 6.07) is 4.18. The van der Waals surface area contributed by atoms with Gasteiger partial charge >= 0.3 is 5.97 Å². The number of rotatable bonds is 4. The number of fused-ring (bicyclic) bond motifs is 1. The molecule has 1 saturated carbocycles. The van der Waals surface area contributed by atoms with Crippen molar-refractivity contribution in [1.29, 1.82) is 5.26 Å². The third-order valence-corrected chi connectivity index (χ3v) is 6.60. The Balaban J connectivity index is 1.60. The summed E-state index contributed by atoms with van der Waals surface area (Å²) in [4.78, 5) is 26.7. The van der Waals surface area contributed by atoms with E-state index in [9.17, 15) is 14.9 Å². The minimum absolute atomic E-state index is 0.389. The number of aryl methyl sites for hydroxylation is 2. The molecule has 1 fully saturated rings. The average Bonchev–Trinajstić information content (AvgIpc) is 2.93. The van der Waals surface area contributed by atoms with E-state index in [1.165, 1.54) is 28.2 Å². The molecule has 1 N–H and O–H groups in total. The maximum Gasteiger partial charge on any atom is 0.349 e. The second-order valence-electron chi connectivity index (χ2n) is 7.41. The number of nitrogens with one attached hydrogen (secondary N) is 1. The Morgan fingerprint density at radius 1 is 1.19 bits per heavy atom. The van der Waals surface area contributed by atoms with Gasteiger partial charge in [-0.1, -0.05) is 25.7 Å². The van der Waals surface area contributed by atoms with Crippen LogP contribution in [0.25, 0.3) is 0 Å². The number of ether oxygens (including phenoxy) is 1. The minimum atomic E-state index is -0.906. The Bertz CT molecular complexity index is 690. The van der Waals surface area contributed by atoms with Crippen LogP contribution in [-0.4, -0.2) is 23.5 Å². The van der Waals surface area contributed by atoms with Crippen molar-refractivity contribution >= 4 is 23.2 Å². The van der Waals surface area contributed by atoms with Gasteiger partial charge in [-0.15, -0.1) is 11.3 Å². The molecule has 5 nitrogen and oxygen atoms in total. The van der Waals surface area contributed by atoms with E-state index in [-0.39, 0.29) is 5.91 Å². The van der Waals surface area contributed by atoms with Crippen molar-refractivity contribution < 1.29 is 14.3 Å². The molecular weight excluding hydrogens is 348 g/mol. The highest BCUT2D eigenvalue weighted by atomic mass is 32.1. The summed E-state index contributed by atoms with van der Waals surface area (Å²) in [6.45, 7) is 1.57. The Kier molecular flexibility index (Phi) is 5.98. The number of thiophene rings is 1. The third kappa shape index (κ3) is 4.27. The van der Waals surface area contributed by atoms with E-state index in [0.717, 1.165) is 44.9 Å². The Morgan fingerprint density at radius 3 is 2.62 bits per heavy atom. The van der Waals surface area contributed by atoms with Gasteiger partial charge in [-0.25, -0.2) is 4.79 Å². The fraction of sp³-hybridized carbons (Fsp3) is 0.650. The number of carbonyl (C=O) groups is 2. The highest BCUT2D eigenvalue weighted by Crippen LogP contribution is 2.30. The fourth-order valence-corrected chi connectivity index (χ4v) is 4.93. The first-order chi connectivity index (χ1) is 12.5. The molecule has 0 saturated heterocycles. The van der Waals surface area contributed by atoms with Crippen LogP contribution in [0, 0.1) is 11.3 Å². The van der Waals surface area contributed by atoms with E-state index in [1.807, 2.05) is 6.07 Å². The zero-order chi connectivity index (χ0) is 18.6. The summed E-state index contributed by atoms with van der Waals surface area (Å²) in [6.07, 6.45) is 8.97. The molecule has 1 amide bonds. The van der Waals surface area contributed by atoms with Crippen LogP contribution in [0.5, 0.6) is 0 Å². The molecule has 26 heavy (non-hydrogen) atoms. The van der Waals surface area contributed by atoms with Crippen LogP contribution in [0.3, 0.4) is 0 Å². The molecule has 2 aliphatic rings. The van der Waals surface area contributed by atoms with Crippen LogP contribution in [0.4, 0.5) is 0 Å². The molecular formula is C20H26N2O3S. The molecule has 0 aliphatic heterocycles. The van der Waals surface area contributed by atoms with Gasteiger partial charge in [0.15, 0.2) is 6.10 Å². The van der Waals surface area contributed by atoms with E-state index in [0.29, 0.717) is 17.7 Å². The van der Waals surface area contributed by atoms with Gasteiger partial charge < -0.3 is 10.1 Å². The van der Waals surface area contributed by atoms with Gasteiger partial charge in [0.05, 0.1) is 6.07 Å². The summed E-state index contributed by atoms with van der Waals surface area (Å²) in [5.41, 5.74) is 0.443. The lowest BCUT2D eigenvalue weighted by molar-refractivity contribution is -0.130. The van der Waals surface area contributed by atoms with Gasteiger partial charge in [-0.05, 0) is 57.1 Å². The molecule has 3 rings (SSSR count). The predicted octanol–water partition coefficient (Wildman–Crippen LogP) is 3.90. The van der Waals surface area contributed by atoms with Crippen LogP contribution >= 0.6 is 11.3 Å². The largest absolute Gasteiger partial charge is 0.448 e. The Morgan fingerprint density at radius 2 is 1.88 bits per heavy atom. The van der Waals surface area contributed by atoms with Crippen LogP contribution in [0.1, 0.15) is 78.4 Å². The zero-order valence-corrected chi connectivity index (χ0v) is 16.1. The molecule has 6 heteroatoms. The molecule has 1 aromatic heterocycles. The fourth-order valence-electron chi connectivity index (χ4n) is 3.80. The average molecular weight is 375 g/mol. The lowest BCUT2D eigenvalue weighted by atomic mass is 9.83.